The van der Waals surface area contributed by atoms with Gasteiger partial charge in [0.1, 0.15) is 5.82 Å². The van der Waals surface area contributed by atoms with E-state index >= 15 is 0 Å². The van der Waals surface area contributed by atoms with Gasteiger partial charge in [-0.3, -0.25) is 4.98 Å². The average Bonchev–Trinajstić information content (AvgIpc) is 2.01. The molecule has 0 radical (unpaired) electrons. The van der Waals surface area contributed by atoms with Crippen LogP contribution in [0.4, 0.5) is 17.6 Å². The summed E-state index contributed by atoms with van der Waals surface area (Å²) in [5.41, 5.74) is -3.36. The fourth-order valence-electron chi connectivity index (χ4n) is 0.847. The Morgan fingerprint density at radius 3 is 2.36 bits per heavy atom. The number of carboxylic acid groups (broad SMARTS) is 1. The number of carbonyl (C=O) groups excluding carboxylic acids is 1. The van der Waals surface area contributed by atoms with Gasteiger partial charge in [-0.15, -0.1) is 0 Å². The van der Waals surface area contributed by atoms with Gasteiger partial charge >= 0.3 is 6.18 Å². The number of aromatic nitrogens is 1. The molecule has 14 heavy (non-hydrogen) atoms. The minimum absolute atomic E-state index is 0.514. The molecule has 0 aliphatic carbocycles. The topological polar surface area (TPSA) is 53.0 Å². The van der Waals surface area contributed by atoms with Crippen molar-refractivity contribution in [1.82, 2.24) is 4.98 Å². The van der Waals surface area contributed by atoms with Crippen LogP contribution in [-0.2, 0) is 6.18 Å². The third-order valence-electron chi connectivity index (χ3n) is 1.37. The van der Waals surface area contributed by atoms with Crippen molar-refractivity contribution in [2.45, 2.75) is 6.18 Å². The molecule has 0 spiro atoms. The SMILES string of the molecule is O=C([O-])c1c(F)ccnc1C(F)(F)F. The van der Waals surface area contributed by atoms with Crippen LogP contribution >= 0.6 is 0 Å². The van der Waals surface area contributed by atoms with Crippen molar-refractivity contribution in [1.29, 1.82) is 0 Å². The number of aromatic carboxylic acids is 1. The van der Waals surface area contributed by atoms with E-state index in [1.165, 1.54) is 0 Å². The molecule has 1 rings (SSSR count). The van der Waals surface area contributed by atoms with Crippen LogP contribution in [0.3, 0.4) is 0 Å². The second-order valence-electron chi connectivity index (χ2n) is 2.30. The third-order valence-corrected chi connectivity index (χ3v) is 1.37. The molecule has 1 aromatic rings. The van der Waals surface area contributed by atoms with E-state index in [-0.39, 0.29) is 0 Å². The van der Waals surface area contributed by atoms with Gasteiger partial charge in [0, 0.05) is 6.20 Å². The van der Waals surface area contributed by atoms with Crippen molar-refractivity contribution in [2.75, 3.05) is 0 Å². The van der Waals surface area contributed by atoms with Crippen LogP contribution in [0, 0.1) is 5.82 Å². The quantitative estimate of drug-likeness (QED) is 0.635. The van der Waals surface area contributed by atoms with Gasteiger partial charge in [0.05, 0.1) is 11.5 Å². The van der Waals surface area contributed by atoms with E-state index in [9.17, 15) is 27.5 Å². The number of halogens is 4. The maximum Gasteiger partial charge on any atom is 0.434 e. The number of pyridine rings is 1. The van der Waals surface area contributed by atoms with E-state index in [4.69, 9.17) is 0 Å². The van der Waals surface area contributed by atoms with E-state index < -0.39 is 29.2 Å². The standard InChI is InChI=1S/C7H3F4NO2/c8-3-1-2-12-5(7(9,10)11)4(3)6(13)14/h1-2H,(H,13,14)/p-1. The summed E-state index contributed by atoms with van der Waals surface area (Å²) in [4.78, 5) is 12.9. The molecule has 0 aliphatic rings. The van der Waals surface area contributed by atoms with Crippen LogP contribution < -0.4 is 5.11 Å². The van der Waals surface area contributed by atoms with Gasteiger partial charge in [0.2, 0.25) is 0 Å². The van der Waals surface area contributed by atoms with Crippen molar-refractivity contribution in [3.8, 4) is 0 Å². The summed E-state index contributed by atoms with van der Waals surface area (Å²) in [6.45, 7) is 0. The van der Waals surface area contributed by atoms with E-state index in [0.717, 1.165) is 0 Å². The van der Waals surface area contributed by atoms with Crippen molar-refractivity contribution in [3.05, 3.63) is 29.3 Å². The second kappa shape index (κ2) is 3.24. The number of hydrogen-bond donors (Lipinski definition) is 0. The van der Waals surface area contributed by atoms with Gasteiger partial charge in [-0.1, -0.05) is 0 Å². The molecule has 3 nitrogen and oxygen atoms in total. The smallest absolute Gasteiger partial charge is 0.434 e. The zero-order chi connectivity index (χ0) is 10.9. The molecule has 7 heteroatoms. The summed E-state index contributed by atoms with van der Waals surface area (Å²) in [6, 6.07) is 0.514. The molecule has 0 bridgehead atoms. The minimum atomic E-state index is -5.02. The number of carbonyl (C=O) groups is 1. The third kappa shape index (κ3) is 1.81. The van der Waals surface area contributed by atoms with E-state index in [2.05, 4.69) is 4.98 Å². The van der Waals surface area contributed by atoms with Crippen LogP contribution in [0.5, 0.6) is 0 Å². The monoisotopic (exact) mass is 208 g/mol. The van der Waals surface area contributed by atoms with Gasteiger partial charge in [-0.25, -0.2) is 4.39 Å². The van der Waals surface area contributed by atoms with E-state index in [0.29, 0.717) is 12.3 Å². The van der Waals surface area contributed by atoms with Crippen molar-refractivity contribution >= 4 is 5.97 Å². The first-order chi connectivity index (χ1) is 6.34. The average molecular weight is 208 g/mol. The van der Waals surface area contributed by atoms with Crippen molar-refractivity contribution in [3.63, 3.8) is 0 Å². The lowest BCUT2D eigenvalue weighted by molar-refractivity contribution is -0.256. The van der Waals surface area contributed by atoms with Crippen LogP contribution in [0.1, 0.15) is 16.1 Å². The Morgan fingerprint density at radius 2 is 2.00 bits per heavy atom. The fourth-order valence-corrected chi connectivity index (χ4v) is 0.847. The van der Waals surface area contributed by atoms with Gasteiger partial charge in [0.25, 0.3) is 0 Å². The summed E-state index contributed by atoms with van der Waals surface area (Å²) < 4.78 is 48.9. The first kappa shape index (κ1) is 10.4. The predicted octanol–water partition coefficient (Wildman–Crippen LogP) is 0.603. The van der Waals surface area contributed by atoms with Crippen LogP contribution in [0.25, 0.3) is 0 Å². The summed E-state index contributed by atoms with van der Waals surface area (Å²) in [5.74, 6) is -3.77. The molecule has 0 aliphatic heterocycles. The summed E-state index contributed by atoms with van der Waals surface area (Å²) in [7, 11) is 0. The zero-order valence-electron chi connectivity index (χ0n) is 6.43. The number of carboxylic acids is 1. The fraction of sp³-hybridized carbons (Fsp3) is 0.143. The first-order valence-electron chi connectivity index (χ1n) is 3.27. The highest BCUT2D eigenvalue weighted by Gasteiger charge is 2.36. The largest absolute Gasteiger partial charge is 0.545 e. The molecular weight excluding hydrogens is 206 g/mol. The predicted molar refractivity (Wildman–Crippen MR) is 33.5 cm³/mol. The Labute approximate surface area is 75.0 Å². The highest BCUT2D eigenvalue weighted by molar-refractivity contribution is 5.87. The number of hydrogen-bond acceptors (Lipinski definition) is 3. The molecule has 1 aromatic heterocycles. The Bertz CT molecular complexity index is 374. The molecule has 1 heterocycles. The van der Waals surface area contributed by atoms with Crippen LogP contribution in [0.15, 0.2) is 12.3 Å². The Balaban J connectivity index is 3.44. The van der Waals surface area contributed by atoms with Gasteiger partial charge in [0.15, 0.2) is 5.69 Å². The Hall–Kier alpha value is -1.66. The Morgan fingerprint density at radius 1 is 1.43 bits per heavy atom. The summed E-state index contributed by atoms with van der Waals surface area (Å²) in [5, 5.41) is 10.2. The van der Waals surface area contributed by atoms with Crippen molar-refractivity contribution in [2.24, 2.45) is 0 Å². The molecule has 0 amide bonds. The van der Waals surface area contributed by atoms with Gasteiger partial charge < -0.3 is 9.90 Å². The van der Waals surface area contributed by atoms with Crippen LogP contribution in [0.2, 0.25) is 0 Å². The summed E-state index contributed by atoms with van der Waals surface area (Å²) >= 11 is 0. The van der Waals surface area contributed by atoms with Crippen molar-refractivity contribution < 1.29 is 27.5 Å². The summed E-state index contributed by atoms with van der Waals surface area (Å²) in [6.07, 6.45) is -4.48. The lowest BCUT2D eigenvalue weighted by Gasteiger charge is -2.12. The number of alkyl halides is 3. The molecular formula is C7H2F4NO2-. The minimum Gasteiger partial charge on any atom is -0.545 e. The molecule has 0 aromatic carbocycles. The maximum atomic E-state index is 12.7. The molecule has 0 saturated heterocycles. The first-order valence-corrected chi connectivity index (χ1v) is 3.27. The highest BCUT2D eigenvalue weighted by Crippen LogP contribution is 2.30. The number of rotatable bonds is 1. The highest BCUT2D eigenvalue weighted by atomic mass is 19.4. The zero-order valence-corrected chi connectivity index (χ0v) is 6.43. The number of nitrogens with zero attached hydrogens (tertiary/aromatic N) is 1. The normalized spacial score (nSPS) is 11.4. The van der Waals surface area contributed by atoms with Gasteiger partial charge in [-0.05, 0) is 6.07 Å². The molecule has 0 unspecified atom stereocenters. The van der Waals surface area contributed by atoms with Gasteiger partial charge in [-0.2, -0.15) is 13.2 Å². The van der Waals surface area contributed by atoms with Crippen LogP contribution in [-0.4, -0.2) is 11.0 Å². The lowest BCUT2D eigenvalue weighted by Crippen LogP contribution is -2.28. The molecule has 0 fully saturated rings. The maximum absolute atomic E-state index is 12.7. The van der Waals surface area contributed by atoms with E-state index in [1.54, 1.807) is 0 Å². The molecule has 0 N–H and O–H groups in total. The van der Waals surface area contributed by atoms with E-state index in [1.807, 2.05) is 0 Å². The molecule has 0 saturated carbocycles. The molecule has 0 atom stereocenters. The second-order valence-corrected chi connectivity index (χ2v) is 2.30. The lowest BCUT2D eigenvalue weighted by atomic mass is 10.2. The molecule has 76 valence electrons. The Kier molecular flexibility index (Phi) is 2.41.